The summed E-state index contributed by atoms with van der Waals surface area (Å²) in [5, 5.41) is 7.22. The van der Waals surface area contributed by atoms with Crippen LogP contribution in [-0.2, 0) is 4.79 Å². The van der Waals surface area contributed by atoms with E-state index in [1.54, 1.807) is 10.9 Å². The quantitative estimate of drug-likeness (QED) is 0.730. The number of aryl methyl sites for hydroxylation is 1. The zero-order valence-corrected chi connectivity index (χ0v) is 9.40. The zero-order valence-electron chi connectivity index (χ0n) is 9.40. The highest BCUT2D eigenvalue weighted by Gasteiger charge is 2.23. The smallest absolute Gasteiger partial charge is 0.236 e. The molecule has 1 aromatic heterocycles. The molecule has 0 saturated heterocycles. The van der Waals surface area contributed by atoms with Crippen molar-refractivity contribution in [2.24, 2.45) is 5.73 Å². The van der Waals surface area contributed by atoms with Crippen LogP contribution in [0.15, 0.2) is 12.4 Å². The minimum absolute atomic E-state index is 0.0730. The van der Waals surface area contributed by atoms with E-state index in [9.17, 15) is 4.79 Å². The molecule has 0 aliphatic carbocycles. The van der Waals surface area contributed by atoms with Crippen LogP contribution < -0.4 is 11.1 Å². The third-order valence-corrected chi connectivity index (χ3v) is 2.36. The van der Waals surface area contributed by atoms with E-state index in [1.165, 1.54) is 0 Å². The Bertz CT molecular complexity index is 334. The van der Waals surface area contributed by atoms with Gasteiger partial charge in [-0.25, -0.2) is 0 Å². The molecule has 0 radical (unpaired) electrons. The Labute approximate surface area is 89.6 Å². The first kappa shape index (κ1) is 11.7. The summed E-state index contributed by atoms with van der Waals surface area (Å²) in [5.41, 5.74) is 6.40. The first-order chi connectivity index (χ1) is 7.06. The number of hydrogen-bond donors (Lipinski definition) is 2. The zero-order chi connectivity index (χ0) is 11.4. The van der Waals surface area contributed by atoms with Crippen molar-refractivity contribution in [3.8, 4) is 0 Å². The van der Waals surface area contributed by atoms with Gasteiger partial charge >= 0.3 is 0 Å². The average Bonchev–Trinajstić information content (AvgIpc) is 2.59. The summed E-state index contributed by atoms with van der Waals surface area (Å²) >= 11 is 0. The maximum absolute atomic E-state index is 11.2. The number of rotatable bonds is 5. The van der Waals surface area contributed by atoms with E-state index in [2.05, 4.69) is 10.4 Å². The number of amides is 1. The Morgan fingerprint density at radius 2 is 2.40 bits per heavy atom. The van der Waals surface area contributed by atoms with Crippen LogP contribution in [0.25, 0.3) is 0 Å². The minimum atomic E-state index is -0.380. The molecule has 0 aromatic carbocycles. The molecule has 0 spiro atoms. The van der Waals surface area contributed by atoms with Crippen LogP contribution in [0, 0.1) is 6.92 Å². The third-order valence-electron chi connectivity index (χ3n) is 2.36. The maximum Gasteiger partial charge on any atom is 0.236 e. The molecule has 5 nitrogen and oxygen atoms in total. The van der Waals surface area contributed by atoms with Gasteiger partial charge in [-0.05, 0) is 26.0 Å². The van der Waals surface area contributed by atoms with E-state index in [0.29, 0.717) is 6.54 Å². The molecule has 0 saturated carbocycles. The molecule has 0 aliphatic heterocycles. The first-order valence-electron chi connectivity index (χ1n) is 5.09. The molecule has 84 valence electrons. The molecule has 1 heterocycles. The van der Waals surface area contributed by atoms with Gasteiger partial charge in [0, 0.05) is 6.20 Å². The van der Waals surface area contributed by atoms with E-state index in [0.717, 1.165) is 5.56 Å². The summed E-state index contributed by atoms with van der Waals surface area (Å²) in [4.78, 5) is 11.2. The highest BCUT2D eigenvalue weighted by Crippen LogP contribution is 2.10. The number of nitrogens with zero attached hydrogens (tertiary/aromatic N) is 2. The lowest BCUT2D eigenvalue weighted by Gasteiger charge is -2.21. The van der Waals surface area contributed by atoms with E-state index < -0.39 is 0 Å². The fourth-order valence-corrected chi connectivity index (χ4v) is 1.54. The van der Waals surface area contributed by atoms with Crippen molar-refractivity contribution in [2.45, 2.75) is 32.9 Å². The van der Waals surface area contributed by atoms with Gasteiger partial charge in [0.2, 0.25) is 5.91 Å². The standard InChI is InChI=1S/C10H18N4O/c1-4-12-9(10(11)15)8(3)14-6-7(2)5-13-14/h5-6,8-9,12H,4H2,1-3H3,(H2,11,15). The van der Waals surface area contributed by atoms with Gasteiger partial charge in [0.05, 0.1) is 12.2 Å². The third kappa shape index (κ3) is 2.79. The number of hydrogen-bond acceptors (Lipinski definition) is 3. The summed E-state index contributed by atoms with van der Waals surface area (Å²) in [6.45, 7) is 6.53. The SMILES string of the molecule is CCNC(C(N)=O)C(C)n1cc(C)cn1. The Kier molecular flexibility index (Phi) is 3.85. The molecule has 15 heavy (non-hydrogen) atoms. The number of likely N-dealkylation sites (N-methyl/N-ethyl adjacent to an activating group) is 1. The number of nitrogens with one attached hydrogen (secondary N) is 1. The van der Waals surface area contributed by atoms with Gasteiger partial charge in [0.1, 0.15) is 6.04 Å². The lowest BCUT2D eigenvalue weighted by atomic mass is 10.1. The Morgan fingerprint density at radius 3 is 2.80 bits per heavy atom. The molecular formula is C10H18N4O. The second-order valence-corrected chi connectivity index (χ2v) is 3.68. The van der Waals surface area contributed by atoms with Gasteiger partial charge in [-0.15, -0.1) is 0 Å². The largest absolute Gasteiger partial charge is 0.368 e. The van der Waals surface area contributed by atoms with E-state index in [-0.39, 0.29) is 18.0 Å². The van der Waals surface area contributed by atoms with Crippen molar-refractivity contribution in [1.82, 2.24) is 15.1 Å². The predicted molar refractivity (Wildman–Crippen MR) is 58.3 cm³/mol. The van der Waals surface area contributed by atoms with Crippen molar-refractivity contribution in [2.75, 3.05) is 6.54 Å². The molecular weight excluding hydrogens is 192 g/mol. The van der Waals surface area contributed by atoms with Gasteiger partial charge in [0.25, 0.3) is 0 Å². The maximum atomic E-state index is 11.2. The molecule has 2 unspecified atom stereocenters. The van der Waals surface area contributed by atoms with Gasteiger partial charge in [-0.3, -0.25) is 9.48 Å². The van der Waals surface area contributed by atoms with Crippen molar-refractivity contribution < 1.29 is 4.79 Å². The lowest BCUT2D eigenvalue weighted by molar-refractivity contribution is -0.121. The molecule has 0 aliphatic rings. The fraction of sp³-hybridized carbons (Fsp3) is 0.600. The molecule has 2 atom stereocenters. The minimum Gasteiger partial charge on any atom is -0.368 e. The highest BCUT2D eigenvalue weighted by atomic mass is 16.1. The molecule has 5 heteroatoms. The second-order valence-electron chi connectivity index (χ2n) is 3.68. The molecule has 1 amide bonds. The second kappa shape index (κ2) is 4.93. The van der Waals surface area contributed by atoms with E-state index >= 15 is 0 Å². The predicted octanol–water partition coefficient (Wildman–Crippen LogP) is 0.216. The van der Waals surface area contributed by atoms with Crippen LogP contribution in [0.3, 0.4) is 0 Å². The number of carbonyl (C=O) groups excluding carboxylic acids is 1. The Hall–Kier alpha value is -1.36. The van der Waals surface area contributed by atoms with Crippen molar-refractivity contribution >= 4 is 5.91 Å². The van der Waals surface area contributed by atoms with Gasteiger partial charge in [-0.2, -0.15) is 5.10 Å². The summed E-state index contributed by atoms with van der Waals surface area (Å²) in [7, 11) is 0. The van der Waals surface area contributed by atoms with Crippen LogP contribution >= 0.6 is 0 Å². The summed E-state index contributed by atoms with van der Waals surface area (Å²) in [6.07, 6.45) is 3.67. The van der Waals surface area contributed by atoms with Crippen LogP contribution in [0.1, 0.15) is 25.5 Å². The van der Waals surface area contributed by atoms with Crippen LogP contribution in [0.4, 0.5) is 0 Å². The van der Waals surface area contributed by atoms with Crippen LogP contribution in [-0.4, -0.2) is 28.3 Å². The Balaban J connectivity index is 2.80. The normalized spacial score (nSPS) is 14.9. The first-order valence-corrected chi connectivity index (χ1v) is 5.09. The number of aromatic nitrogens is 2. The summed E-state index contributed by atoms with van der Waals surface area (Å²) in [6, 6.07) is -0.453. The molecule has 1 rings (SSSR count). The summed E-state index contributed by atoms with van der Waals surface area (Å²) < 4.78 is 1.76. The van der Waals surface area contributed by atoms with Crippen molar-refractivity contribution in [1.29, 1.82) is 0 Å². The van der Waals surface area contributed by atoms with Crippen LogP contribution in [0.2, 0.25) is 0 Å². The molecule has 1 aromatic rings. The molecule has 0 fully saturated rings. The number of nitrogens with two attached hydrogens (primary N) is 1. The average molecular weight is 210 g/mol. The fourth-order valence-electron chi connectivity index (χ4n) is 1.54. The summed E-state index contributed by atoms with van der Waals surface area (Å²) in [5.74, 6) is -0.350. The molecule has 0 bridgehead atoms. The van der Waals surface area contributed by atoms with Crippen molar-refractivity contribution in [3.63, 3.8) is 0 Å². The lowest BCUT2D eigenvalue weighted by Crippen LogP contribution is -2.46. The van der Waals surface area contributed by atoms with Gasteiger partial charge < -0.3 is 11.1 Å². The van der Waals surface area contributed by atoms with Gasteiger partial charge in [-0.1, -0.05) is 6.92 Å². The Morgan fingerprint density at radius 1 is 1.73 bits per heavy atom. The topological polar surface area (TPSA) is 72.9 Å². The van der Waals surface area contributed by atoms with Gasteiger partial charge in [0.15, 0.2) is 0 Å². The molecule has 3 N–H and O–H groups in total. The number of carbonyl (C=O) groups is 1. The van der Waals surface area contributed by atoms with E-state index in [4.69, 9.17) is 5.73 Å². The monoisotopic (exact) mass is 210 g/mol. The van der Waals surface area contributed by atoms with E-state index in [1.807, 2.05) is 27.0 Å². The van der Waals surface area contributed by atoms with Crippen LogP contribution in [0.5, 0.6) is 0 Å². The van der Waals surface area contributed by atoms with Crippen molar-refractivity contribution in [3.05, 3.63) is 18.0 Å². The number of primary amides is 1. The highest BCUT2D eigenvalue weighted by molar-refractivity contribution is 5.80.